The maximum atomic E-state index is 5.86. The van der Waals surface area contributed by atoms with E-state index in [0.29, 0.717) is 26.2 Å². The molecule has 1 aromatic carbocycles. The molecule has 106 valence electrons. The van der Waals surface area contributed by atoms with E-state index >= 15 is 0 Å². The van der Waals surface area contributed by atoms with Crippen molar-refractivity contribution in [2.75, 3.05) is 34.0 Å². The zero-order valence-electron chi connectivity index (χ0n) is 11.5. The van der Waals surface area contributed by atoms with Crippen LogP contribution in [0.4, 0.5) is 0 Å². The maximum Gasteiger partial charge on any atom is 0.198 e. The van der Waals surface area contributed by atoms with E-state index in [0.717, 1.165) is 23.5 Å². The van der Waals surface area contributed by atoms with E-state index in [9.17, 15) is 0 Å². The second-order valence-corrected chi connectivity index (χ2v) is 4.41. The number of nitrogens with two attached hydrogens (primary N) is 1. The van der Waals surface area contributed by atoms with Crippen molar-refractivity contribution < 1.29 is 18.9 Å². The highest BCUT2D eigenvalue weighted by Crippen LogP contribution is 2.42. The SMILES string of the molecule is COc1ccc(OC)c(C2(CCCN)OCCO2)c1. The molecule has 5 nitrogen and oxygen atoms in total. The van der Waals surface area contributed by atoms with Crippen LogP contribution in [0.2, 0.25) is 0 Å². The van der Waals surface area contributed by atoms with Crippen LogP contribution in [0.25, 0.3) is 0 Å². The largest absolute Gasteiger partial charge is 0.497 e. The van der Waals surface area contributed by atoms with Crippen molar-refractivity contribution in [3.63, 3.8) is 0 Å². The lowest BCUT2D eigenvalue weighted by Gasteiger charge is -2.29. The fourth-order valence-electron chi connectivity index (χ4n) is 2.34. The normalized spacial score (nSPS) is 17.4. The molecule has 0 bridgehead atoms. The molecule has 2 rings (SSSR count). The molecule has 0 atom stereocenters. The molecule has 1 aliphatic rings. The molecule has 0 spiro atoms. The Morgan fingerprint density at radius 3 is 2.53 bits per heavy atom. The van der Waals surface area contributed by atoms with Crippen LogP contribution in [0.1, 0.15) is 18.4 Å². The Kier molecular flexibility index (Phi) is 4.63. The van der Waals surface area contributed by atoms with E-state index in [1.807, 2.05) is 18.2 Å². The highest BCUT2D eigenvalue weighted by atomic mass is 16.7. The molecule has 1 fully saturated rings. The lowest BCUT2D eigenvalue weighted by atomic mass is 9.99. The molecule has 0 aliphatic carbocycles. The third-order valence-electron chi connectivity index (χ3n) is 3.28. The van der Waals surface area contributed by atoms with Gasteiger partial charge in [0.25, 0.3) is 0 Å². The third-order valence-corrected chi connectivity index (χ3v) is 3.28. The van der Waals surface area contributed by atoms with Crippen LogP contribution in [-0.2, 0) is 15.3 Å². The smallest absolute Gasteiger partial charge is 0.198 e. The van der Waals surface area contributed by atoms with Gasteiger partial charge in [0.2, 0.25) is 0 Å². The van der Waals surface area contributed by atoms with Gasteiger partial charge in [-0.3, -0.25) is 0 Å². The Bertz CT molecular complexity index is 416. The number of rotatable bonds is 6. The topological polar surface area (TPSA) is 62.9 Å². The third kappa shape index (κ3) is 2.83. The van der Waals surface area contributed by atoms with E-state index in [1.165, 1.54) is 0 Å². The first-order valence-electron chi connectivity index (χ1n) is 6.46. The Hall–Kier alpha value is -1.30. The van der Waals surface area contributed by atoms with Gasteiger partial charge in [0.1, 0.15) is 11.5 Å². The minimum absolute atomic E-state index is 0.574. The number of hydrogen-bond acceptors (Lipinski definition) is 5. The zero-order chi connectivity index (χ0) is 13.7. The van der Waals surface area contributed by atoms with Gasteiger partial charge < -0.3 is 24.7 Å². The number of benzene rings is 1. The summed E-state index contributed by atoms with van der Waals surface area (Å²) >= 11 is 0. The van der Waals surface area contributed by atoms with Crippen LogP contribution >= 0.6 is 0 Å². The minimum atomic E-state index is -0.765. The molecule has 0 saturated carbocycles. The molecule has 0 aromatic heterocycles. The number of ether oxygens (including phenoxy) is 4. The monoisotopic (exact) mass is 267 g/mol. The van der Waals surface area contributed by atoms with Gasteiger partial charge in [0.05, 0.1) is 33.0 Å². The Balaban J connectivity index is 2.39. The van der Waals surface area contributed by atoms with Crippen molar-refractivity contribution in [2.24, 2.45) is 5.73 Å². The van der Waals surface area contributed by atoms with Crippen LogP contribution in [0, 0.1) is 0 Å². The molecular formula is C14H21NO4. The van der Waals surface area contributed by atoms with Crippen molar-refractivity contribution in [1.29, 1.82) is 0 Å². The summed E-state index contributed by atoms with van der Waals surface area (Å²) in [5.74, 6) is 0.723. The molecule has 1 heterocycles. The molecule has 0 radical (unpaired) electrons. The van der Waals surface area contributed by atoms with Crippen molar-refractivity contribution in [2.45, 2.75) is 18.6 Å². The summed E-state index contributed by atoms with van der Waals surface area (Å²) in [6.45, 7) is 1.75. The first-order chi connectivity index (χ1) is 9.25. The lowest BCUT2D eigenvalue weighted by molar-refractivity contribution is -0.172. The van der Waals surface area contributed by atoms with Crippen LogP contribution in [-0.4, -0.2) is 34.0 Å². The molecule has 19 heavy (non-hydrogen) atoms. The van der Waals surface area contributed by atoms with Gasteiger partial charge in [-0.15, -0.1) is 0 Å². The van der Waals surface area contributed by atoms with E-state index < -0.39 is 5.79 Å². The minimum Gasteiger partial charge on any atom is -0.497 e. The van der Waals surface area contributed by atoms with E-state index in [-0.39, 0.29) is 0 Å². The summed E-state index contributed by atoms with van der Waals surface area (Å²) in [5, 5.41) is 0. The fraction of sp³-hybridized carbons (Fsp3) is 0.571. The number of methoxy groups -OCH3 is 2. The van der Waals surface area contributed by atoms with E-state index in [2.05, 4.69) is 0 Å². The maximum absolute atomic E-state index is 5.86. The molecular weight excluding hydrogens is 246 g/mol. The van der Waals surface area contributed by atoms with Crippen molar-refractivity contribution in [3.05, 3.63) is 23.8 Å². The fourth-order valence-corrected chi connectivity index (χ4v) is 2.34. The van der Waals surface area contributed by atoms with Crippen LogP contribution in [0.5, 0.6) is 11.5 Å². The second-order valence-electron chi connectivity index (χ2n) is 4.41. The van der Waals surface area contributed by atoms with Crippen molar-refractivity contribution >= 4 is 0 Å². The quantitative estimate of drug-likeness (QED) is 0.849. The summed E-state index contributed by atoms with van der Waals surface area (Å²) in [4.78, 5) is 0. The van der Waals surface area contributed by atoms with Crippen LogP contribution in [0.3, 0.4) is 0 Å². The van der Waals surface area contributed by atoms with Gasteiger partial charge >= 0.3 is 0 Å². The second kappa shape index (κ2) is 6.23. The molecule has 5 heteroatoms. The highest BCUT2D eigenvalue weighted by Gasteiger charge is 2.40. The van der Waals surface area contributed by atoms with Crippen molar-refractivity contribution in [3.8, 4) is 11.5 Å². The molecule has 0 unspecified atom stereocenters. The standard InChI is InChI=1S/C14H21NO4/c1-16-11-4-5-13(17-2)12(10-11)14(6-3-7-15)18-8-9-19-14/h4-5,10H,3,6-9,15H2,1-2H3. The molecule has 1 aromatic rings. The van der Waals surface area contributed by atoms with Gasteiger partial charge in [0, 0.05) is 6.42 Å². The lowest BCUT2D eigenvalue weighted by Crippen LogP contribution is -2.28. The van der Waals surface area contributed by atoms with Crippen LogP contribution < -0.4 is 15.2 Å². The van der Waals surface area contributed by atoms with Crippen LogP contribution in [0.15, 0.2) is 18.2 Å². The first-order valence-corrected chi connectivity index (χ1v) is 6.46. The van der Waals surface area contributed by atoms with E-state index in [4.69, 9.17) is 24.7 Å². The number of hydrogen-bond donors (Lipinski definition) is 1. The van der Waals surface area contributed by atoms with E-state index in [1.54, 1.807) is 14.2 Å². The van der Waals surface area contributed by atoms with Gasteiger partial charge in [-0.2, -0.15) is 0 Å². The zero-order valence-corrected chi connectivity index (χ0v) is 11.5. The molecule has 1 aliphatic heterocycles. The van der Waals surface area contributed by atoms with Gasteiger partial charge in [-0.1, -0.05) is 0 Å². The summed E-state index contributed by atoms with van der Waals surface area (Å²) in [5.41, 5.74) is 6.46. The predicted molar refractivity (Wildman–Crippen MR) is 71.4 cm³/mol. The molecule has 2 N–H and O–H groups in total. The summed E-state index contributed by atoms with van der Waals surface area (Å²) < 4.78 is 22.4. The molecule has 1 saturated heterocycles. The van der Waals surface area contributed by atoms with Gasteiger partial charge in [0.15, 0.2) is 5.79 Å². The predicted octanol–water partition coefficient (Wildman–Crippen LogP) is 1.64. The summed E-state index contributed by atoms with van der Waals surface area (Å²) in [7, 11) is 3.27. The summed E-state index contributed by atoms with van der Waals surface area (Å²) in [6, 6.07) is 5.62. The summed E-state index contributed by atoms with van der Waals surface area (Å²) in [6.07, 6.45) is 1.52. The highest BCUT2D eigenvalue weighted by molar-refractivity contribution is 5.43. The van der Waals surface area contributed by atoms with Gasteiger partial charge in [-0.05, 0) is 31.2 Å². The average molecular weight is 267 g/mol. The van der Waals surface area contributed by atoms with Gasteiger partial charge in [-0.25, -0.2) is 0 Å². The Morgan fingerprint density at radius 2 is 1.95 bits per heavy atom. The Labute approximate surface area is 113 Å². The first kappa shape index (κ1) is 14.1. The molecule has 0 amide bonds. The van der Waals surface area contributed by atoms with Crippen molar-refractivity contribution in [1.82, 2.24) is 0 Å². The average Bonchev–Trinajstić information content (AvgIpc) is 2.94. The Morgan fingerprint density at radius 1 is 1.21 bits per heavy atom.